The van der Waals surface area contributed by atoms with Crippen LogP contribution < -0.4 is 10.9 Å². The Morgan fingerprint density at radius 3 is 2.30 bits per heavy atom. The molecule has 0 radical (unpaired) electrons. The molecule has 2 aromatic rings. The first-order valence-electron chi connectivity index (χ1n) is 8.03. The Morgan fingerprint density at radius 2 is 1.70 bits per heavy atom. The Labute approximate surface area is 174 Å². The molecule has 0 fully saturated rings. The summed E-state index contributed by atoms with van der Waals surface area (Å²) in [5.74, 6) is -1.16. The molecule has 1 amide bonds. The quantitative estimate of drug-likeness (QED) is 0.348. The minimum absolute atomic E-state index is 0.0287. The standard InChI is InChI=1S/C18H19ClN2O3S3/c19-16-8-6-14(7-9-16)15(10-17(22)20-21-18(25)26)12-27(23,24)11-13-4-2-1-3-5-13/h1-9,15H,10-12H2,(H,20,22)(H2,21,25,26). The molecule has 0 saturated heterocycles. The van der Waals surface area contributed by atoms with E-state index < -0.39 is 15.8 Å². The molecule has 2 rings (SSSR count). The number of hydrazine groups is 1. The highest BCUT2D eigenvalue weighted by molar-refractivity contribution is 8.11. The van der Waals surface area contributed by atoms with Crippen LogP contribution in [0.25, 0.3) is 0 Å². The van der Waals surface area contributed by atoms with Gasteiger partial charge in [-0.05, 0) is 23.3 Å². The molecular formula is C18H19ClN2O3S3. The van der Waals surface area contributed by atoms with Crippen molar-refractivity contribution in [3.05, 3.63) is 70.7 Å². The van der Waals surface area contributed by atoms with E-state index in [2.05, 4.69) is 23.5 Å². The maximum atomic E-state index is 12.7. The van der Waals surface area contributed by atoms with Crippen LogP contribution in [-0.2, 0) is 20.4 Å². The van der Waals surface area contributed by atoms with Crippen molar-refractivity contribution < 1.29 is 13.2 Å². The molecule has 0 aromatic heterocycles. The number of thiocarbonyl (C=S) groups is 1. The predicted molar refractivity (Wildman–Crippen MR) is 116 cm³/mol. The number of carbonyl (C=O) groups excluding carboxylic acids is 1. The van der Waals surface area contributed by atoms with E-state index >= 15 is 0 Å². The molecule has 0 aliphatic carbocycles. The van der Waals surface area contributed by atoms with Gasteiger partial charge in [-0.15, -0.1) is 12.6 Å². The number of amides is 1. The maximum Gasteiger partial charge on any atom is 0.238 e. The molecule has 0 aliphatic rings. The van der Waals surface area contributed by atoms with Crippen LogP contribution in [0.5, 0.6) is 0 Å². The molecule has 1 atom stereocenters. The van der Waals surface area contributed by atoms with Gasteiger partial charge in [-0.25, -0.2) is 8.42 Å². The van der Waals surface area contributed by atoms with Gasteiger partial charge in [0.05, 0.1) is 11.5 Å². The predicted octanol–water partition coefficient (Wildman–Crippen LogP) is 3.26. The number of sulfone groups is 1. The number of benzene rings is 2. The van der Waals surface area contributed by atoms with E-state index in [-0.39, 0.29) is 28.2 Å². The van der Waals surface area contributed by atoms with E-state index in [1.165, 1.54) is 0 Å². The second kappa shape index (κ2) is 10.1. The molecule has 9 heteroatoms. The minimum Gasteiger partial charge on any atom is -0.283 e. The van der Waals surface area contributed by atoms with Crippen LogP contribution in [0.2, 0.25) is 5.02 Å². The van der Waals surface area contributed by atoms with E-state index in [1.54, 1.807) is 48.5 Å². The second-order valence-electron chi connectivity index (χ2n) is 5.97. The topological polar surface area (TPSA) is 75.3 Å². The van der Waals surface area contributed by atoms with Crippen molar-refractivity contribution in [2.45, 2.75) is 18.1 Å². The SMILES string of the molecule is O=C(CC(CS(=O)(=O)Cc1ccccc1)c1ccc(Cl)cc1)NNC(=S)S. The van der Waals surface area contributed by atoms with E-state index in [0.717, 1.165) is 5.56 Å². The number of rotatable bonds is 7. The van der Waals surface area contributed by atoms with Crippen molar-refractivity contribution >= 4 is 56.5 Å². The van der Waals surface area contributed by atoms with Gasteiger partial charge in [0.25, 0.3) is 0 Å². The third-order valence-corrected chi connectivity index (χ3v) is 5.92. The first-order valence-corrected chi connectivity index (χ1v) is 11.1. The van der Waals surface area contributed by atoms with E-state index in [1.807, 2.05) is 6.07 Å². The van der Waals surface area contributed by atoms with Gasteiger partial charge < -0.3 is 0 Å². The molecule has 0 spiro atoms. The molecule has 144 valence electrons. The van der Waals surface area contributed by atoms with Crippen molar-refractivity contribution in [2.75, 3.05) is 5.75 Å². The van der Waals surface area contributed by atoms with Crippen LogP contribution in [0.3, 0.4) is 0 Å². The Morgan fingerprint density at radius 1 is 1.07 bits per heavy atom. The van der Waals surface area contributed by atoms with Gasteiger partial charge in [0.15, 0.2) is 9.84 Å². The molecule has 0 bridgehead atoms. The van der Waals surface area contributed by atoms with E-state index in [4.69, 9.17) is 23.8 Å². The summed E-state index contributed by atoms with van der Waals surface area (Å²) >= 11 is 14.5. The molecule has 0 saturated carbocycles. The highest BCUT2D eigenvalue weighted by Gasteiger charge is 2.24. The van der Waals surface area contributed by atoms with Crippen LogP contribution >= 0.6 is 36.4 Å². The number of halogens is 1. The van der Waals surface area contributed by atoms with E-state index in [0.29, 0.717) is 10.6 Å². The zero-order chi connectivity index (χ0) is 19.9. The first-order chi connectivity index (χ1) is 12.7. The molecule has 2 N–H and O–H groups in total. The Balaban J connectivity index is 2.16. The lowest BCUT2D eigenvalue weighted by molar-refractivity contribution is -0.121. The van der Waals surface area contributed by atoms with Gasteiger partial charge in [-0.3, -0.25) is 15.6 Å². The Hall–Kier alpha value is -1.61. The first kappa shape index (κ1) is 21.7. The summed E-state index contributed by atoms with van der Waals surface area (Å²) in [6.07, 6.45) is -0.0287. The van der Waals surface area contributed by atoms with E-state index in [9.17, 15) is 13.2 Å². The number of nitrogens with one attached hydrogen (secondary N) is 2. The van der Waals surface area contributed by atoms with Crippen LogP contribution in [0.4, 0.5) is 0 Å². The van der Waals surface area contributed by atoms with Crippen molar-refractivity contribution in [3.8, 4) is 0 Å². The smallest absolute Gasteiger partial charge is 0.238 e. The molecule has 27 heavy (non-hydrogen) atoms. The summed E-state index contributed by atoms with van der Waals surface area (Å²) in [4.78, 5) is 12.2. The third kappa shape index (κ3) is 7.88. The van der Waals surface area contributed by atoms with Crippen LogP contribution in [-0.4, -0.2) is 24.4 Å². The van der Waals surface area contributed by atoms with Crippen molar-refractivity contribution in [1.29, 1.82) is 0 Å². The van der Waals surface area contributed by atoms with Gasteiger partial charge in [0.2, 0.25) is 5.91 Å². The number of hydrogen-bond donors (Lipinski definition) is 3. The largest absolute Gasteiger partial charge is 0.283 e. The Bertz CT molecular complexity index is 888. The lowest BCUT2D eigenvalue weighted by Crippen LogP contribution is -2.39. The second-order valence-corrected chi connectivity index (χ2v) is 9.67. The number of thiol groups is 1. The Kier molecular flexibility index (Phi) is 8.09. The lowest BCUT2D eigenvalue weighted by Gasteiger charge is -2.18. The maximum absolute atomic E-state index is 12.7. The molecule has 5 nitrogen and oxygen atoms in total. The fraction of sp³-hybridized carbons (Fsp3) is 0.222. The summed E-state index contributed by atoms with van der Waals surface area (Å²) in [6.45, 7) is 0. The minimum atomic E-state index is -3.44. The van der Waals surface area contributed by atoms with Crippen LogP contribution in [0.15, 0.2) is 54.6 Å². The van der Waals surface area contributed by atoms with Gasteiger partial charge in [-0.2, -0.15) is 0 Å². The van der Waals surface area contributed by atoms with Gasteiger partial charge in [0.1, 0.15) is 4.32 Å². The number of carbonyl (C=O) groups is 1. The molecule has 2 aromatic carbocycles. The molecule has 1 unspecified atom stereocenters. The number of hydrogen-bond acceptors (Lipinski definition) is 4. The zero-order valence-corrected chi connectivity index (χ0v) is 17.5. The normalized spacial score (nSPS) is 12.2. The fourth-order valence-electron chi connectivity index (χ4n) is 2.60. The molecule has 0 aliphatic heterocycles. The van der Waals surface area contributed by atoms with Gasteiger partial charge in [0, 0.05) is 17.4 Å². The molecule has 0 heterocycles. The summed E-state index contributed by atoms with van der Waals surface area (Å²) in [5.41, 5.74) is 6.27. The monoisotopic (exact) mass is 442 g/mol. The van der Waals surface area contributed by atoms with Crippen LogP contribution in [0.1, 0.15) is 23.5 Å². The van der Waals surface area contributed by atoms with Crippen molar-refractivity contribution in [1.82, 2.24) is 10.9 Å². The van der Waals surface area contributed by atoms with Crippen LogP contribution in [0, 0.1) is 0 Å². The average molecular weight is 443 g/mol. The highest BCUT2D eigenvalue weighted by Crippen LogP contribution is 2.25. The summed E-state index contributed by atoms with van der Waals surface area (Å²) in [6, 6.07) is 15.7. The van der Waals surface area contributed by atoms with Crippen molar-refractivity contribution in [2.24, 2.45) is 0 Å². The van der Waals surface area contributed by atoms with Gasteiger partial charge >= 0.3 is 0 Å². The van der Waals surface area contributed by atoms with Crippen molar-refractivity contribution in [3.63, 3.8) is 0 Å². The third-order valence-electron chi connectivity index (χ3n) is 3.77. The summed E-state index contributed by atoms with van der Waals surface area (Å²) in [7, 11) is -3.44. The molecular weight excluding hydrogens is 424 g/mol. The van der Waals surface area contributed by atoms with Gasteiger partial charge in [-0.1, -0.05) is 66.3 Å². The summed E-state index contributed by atoms with van der Waals surface area (Å²) < 4.78 is 25.5. The summed E-state index contributed by atoms with van der Waals surface area (Å²) in [5, 5.41) is 0.538. The fourth-order valence-corrected chi connectivity index (χ4v) is 4.57. The highest BCUT2D eigenvalue weighted by atomic mass is 35.5. The zero-order valence-electron chi connectivity index (χ0n) is 14.3. The average Bonchev–Trinajstić information content (AvgIpc) is 2.60. The lowest BCUT2D eigenvalue weighted by atomic mass is 9.97.